The molecule has 1 aromatic heterocycles. The van der Waals surface area contributed by atoms with Crippen LogP contribution in [0.2, 0.25) is 0 Å². The summed E-state index contributed by atoms with van der Waals surface area (Å²) in [5, 5.41) is 35.8. The van der Waals surface area contributed by atoms with Crippen LogP contribution >= 0.6 is 0 Å². The van der Waals surface area contributed by atoms with Crippen molar-refractivity contribution in [3.63, 3.8) is 0 Å². The molecule has 1 aliphatic carbocycles. The molecule has 2 heterocycles. The summed E-state index contributed by atoms with van der Waals surface area (Å²) in [6, 6.07) is 29.3. The number of imide groups is 1. The summed E-state index contributed by atoms with van der Waals surface area (Å²) in [6.45, 7) is -0.237. The lowest BCUT2D eigenvalue weighted by atomic mass is 9.68. The third-order valence-corrected chi connectivity index (χ3v) is 9.14. The van der Waals surface area contributed by atoms with Gasteiger partial charge in [-0.2, -0.15) is 0 Å². The maximum absolute atomic E-state index is 14.0. The molecule has 0 spiro atoms. The third-order valence-electron chi connectivity index (χ3n) is 9.14. The van der Waals surface area contributed by atoms with Crippen LogP contribution in [0.25, 0.3) is 11.6 Å². The number of benzene rings is 3. The Morgan fingerprint density at radius 1 is 0.979 bits per heavy atom. The van der Waals surface area contributed by atoms with Crippen LogP contribution in [0.3, 0.4) is 0 Å². The van der Waals surface area contributed by atoms with E-state index in [0.717, 1.165) is 33.8 Å². The van der Waals surface area contributed by atoms with Gasteiger partial charge in [-0.05, 0) is 108 Å². The molecule has 4 N–H and O–H groups in total. The van der Waals surface area contributed by atoms with Gasteiger partial charge in [-0.3, -0.25) is 19.5 Å². The fraction of sp³-hybridized carbons (Fsp3) is 0.256. The number of aliphatic hydroxyl groups is 2. The van der Waals surface area contributed by atoms with Crippen molar-refractivity contribution in [1.29, 1.82) is 0 Å². The number of fused-ring (bicyclic) bond motifs is 1. The molecule has 1 aliphatic heterocycles. The van der Waals surface area contributed by atoms with Crippen LogP contribution in [0.1, 0.15) is 30.5 Å². The quantitative estimate of drug-likeness (QED) is 0.109. The van der Waals surface area contributed by atoms with E-state index in [2.05, 4.69) is 10.3 Å². The molecule has 3 aromatic carbocycles. The molecule has 2 aliphatic rings. The van der Waals surface area contributed by atoms with Gasteiger partial charge in [-0.25, -0.2) is 0 Å². The van der Waals surface area contributed by atoms with Crippen molar-refractivity contribution in [2.45, 2.75) is 25.4 Å². The van der Waals surface area contributed by atoms with Crippen molar-refractivity contribution in [1.82, 2.24) is 4.98 Å². The molecular weight excluding hydrogens is 606 g/mol. The first kappa shape index (κ1) is 32.8. The molecule has 4 atom stereocenters. The lowest BCUT2D eigenvalue weighted by Crippen LogP contribution is -2.39. The number of phenolic OH excluding ortho intramolecular Hbond substituents is 1. The summed E-state index contributed by atoms with van der Waals surface area (Å²) >= 11 is 0. The number of amides is 2. The topological polar surface area (TPSA) is 132 Å². The number of carbonyl (C=O) groups is 2. The van der Waals surface area contributed by atoms with E-state index in [-0.39, 0.29) is 37.0 Å². The summed E-state index contributed by atoms with van der Waals surface area (Å²) in [6.07, 6.45) is 3.57. The number of aliphatic hydroxyl groups excluding tert-OH is 2. The number of anilines is 3. The van der Waals surface area contributed by atoms with Gasteiger partial charge in [0.05, 0.1) is 42.5 Å². The Hall–Kier alpha value is -5.09. The highest BCUT2D eigenvalue weighted by Crippen LogP contribution is 2.47. The molecule has 0 radical (unpaired) electrons. The number of nitrogens with zero attached hydrogens (tertiary/aromatic N) is 2. The number of methoxy groups -OCH3 is 1. The lowest BCUT2D eigenvalue weighted by Gasteiger charge is -2.36. The van der Waals surface area contributed by atoms with E-state index < -0.39 is 30.5 Å². The van der Waals surface area contributed by atoms with Crippen molar-refractivity contribution < 1.29 is 29.6 Å². The second-order valence-electron chi connectivity index (χ2n) is 12.2. The summed E-state index contributed by atoms with van der Waals surface area (Å²) < 4.78 is 5.51. The Kier molecular flexibility index (Phi) is 10.1. The van der Waals surface area contributed by atoms with Gasteiger partial charge in [0.1, 0.15) is 5.75 Å². The number of ether oxygens (including phenoxy) is 1. The van der Waals surface area contributed by atoms with Gasteiger partial charge in [0.15, 0.2) is 0 Å². The van der Waals surface area contributed by atoms with Crippen LogP contribution in [-0.4, -0.2) is 58.5 Å². The molecule has 246 valence electrons. The fourth-order valence-electron chi connectivity index (χ4n) is 6.99. The average molecular weight is 646 g/mol. The number of carbonyl (C=O) groups excluding carboxylic acids is 2. The first-order valence-corrected chi connectivity index (χ1v) is 16.1. The van der Waals surface area contributed by atoms with Crippen molar-refractivity contribution in [2.24, 2.45) is 17.8 Å². The van der Waals surface area contributed by atoms with Crippen LogP contribution in [0.15, 0.2) is 114 Å². The van der Waals surface area contributed by atoms with E-state index in [0.29, 0.717) is 17.7 Å². The second-order valence-corrected chi connectivity index (χ2v) is 12.2. The van der Waals surface area contributed by atoms with Crippen LogP contribution in [0.4, 0.5) is 17.1 Å². The normalized spacial score (nSPS) is 20.2. The van der Waals surface area contributed by atoms with Gasteiger partial charge in [0, 0.05) is 30.6 Å². The highest BCUT2D eigenvalue weighted by atomic mass is 16.5. The third kappa shape index (κ3) is 6.94. The van der Waals surface area contributed by atoms with Crippen molar-refractivity contribution in [2.75, 3.05) is 30.5 Å². The summed E-state index contributed by atoms with van der Waals surface area (Å²) in [4.78, 5) is 33.6. The highest BCUT2D eigenvalue weighted by Gasteiger charge is 2.55. The molecule has 2 amide bonds. The standard InChI is InChI=1S/C39H39N3O6/c1-48-24-27-22-32-37(39(47)42(38(32)46)30-16-14-29(15-17-30)41-28-9-3-2-4-10-28)33(23-43)36(27)35(45)18-13-26(34-12-5-6-19-40-34)20-25-8-7-11-31(44)21-25/h2-12,14-17,19-21,32-33,35,37,41,43-45H,13,18,22-24H2,1H3/b26-20-/t32-,33+,35-,37-/m1/s1. The molecule has 1 saturated heterocycles. The van der Waals surface area contributed by atoms with Gasteiger partial charge in [-0.1, -0.05) is 36.4 Å². The summed E-state index contributed by atoms with van der Waals surface area (Å²) in [5.74, 6) is -2.79. The highest BCUT2D eigenvalue weighted by molar-refractivity contribution is 6.22. The van der Waals surface area contributed by atoms with E-state index >= 15 is 0 Å². The number of phenols is 1. The number of rotatable bonds is 12. The number of hydrogen-bond acceptors (Lipinski definition) is 8. The van der Waals surface area contributed by atoms with E-state index in [1.165, 1.54) is 4.90 Å². The molecule has 4 aromatic rings. The molecule has 6 rings (SSSR count). The zero-order valence-corrected chi connectivity index (χ0v) is 26.7. The maximum Gasteiger partial charge on any atom is 0.238 e. The van der Waals surface area contributed by atoms with Crippen LogP contribution in [0, 0.1) is 17.8 Å². The summed E-state index contributed by atoms with van der Waals surface area (Å²) in [5.41, 5.74) is 5.85. The predicted molar refractivity (Wildman–Crippen MR) is 185 cm³/mol. The van der Waals surface area contributed by atoms with E-state index in [9.17, 15) is 24.9 Å². The zero-order valence-electron chi connectivity index (χ0n) is 26.7. The monoisotopic (exact) mass is 645 g/mol. The number of nitrogens with one attached hydrogen (secondary N) is 1. The molecule has 9 heteroatoms. The Morgan fingerprint density at radius 2 is 1.73 bits per heavy atom. The summed E-state index contributed by atoms with van der Waals surface area (Å²) in [7, 11) is 1.55. The lowest BCUT2D eigenvalue weighted by molar-refractivity contribution is -0.123. The molecule has 1 fully saturated rings. The second kappa shape index (κ2) is 14.8. The zero-order chi connectivity index (χ0) is 33.6. The minimum Gasteiger partial charge on any atom is -0.508 e. The number of hydrogen-bond donors (Lipinski definition) is 4. The van der Waals surface area contributed by atoms with Crippen molar-refractivity contribution in [3.05, 3.63) is 126 Å². The SMILES string of the molecule is COCC1=C([C@H](O)CC/C(=C/c2cccc(O)c2)c2ccccn2)[C@H](CO)[C@@H]2C(=O)N(c3ccc(Nc4ccccc4)cc3)C(=O)[C@@H]2C1. The number of allylic oxidation sites excluding steroid dienone is 1. The molecule has 0 unspecified atom stereocenters. The van der Waals surface area contributed by atoms with E-state index in [1.54, 1.807) is 43.6 Å². The Balaban J connectivity index is 1.24. The number of para-hydroxylation sites is 1. The minimum atomic E-state index is -1.01. The van der Waals surface area contributed by atoms with Gasteiger partial charge in [0.25, 0.3) is 0 Å². The molecule has 9 nitrogen and oxygen atoms in total. The van der Waals surface area contributed by atoms with Crippen molar-refractivity contribution in [3.8, 4) is 5.75 Å². The minimum absolute atomic E-state index is 0.144. The van der Waals surface area contributed by atoms with E-state index in [4.69, 9.17) is 4.74 Å². The number of aromatic nitrogens is 1. The predicted octanol–water partition coefficient (Wildman–Crippen LogP) is 5.97. The Labute approximate surface area is 279 Å². The molecule has 0 saturated carbocycles. The van der Waals surface area contributed by atoms with Crippen molar-refractivity contribution >= 4 is 40.5 Å². The number of aromatic hydroxyl groups is 1. The van der Waals surface area contributed by atoms with Gasteiger partial charge in [0.2, 0.25) is 11.8 Å². The van der Waals surface area contributed by atoms with Gasteiger partial charge in [-0.15, -0.1) is 0 Å². The molecular formula is C39H39N3O6. The number of pyridine rings is 1. The van der Waals surface area contributed by atoms with Gasteiger partial charge >= 0.3 is 0 Å². The first-order valence-electron chi connectivity index (χ1n) is 16.1. The smallest absolute Gasteiger partial charge is 0.238 e. The van der Waals surface area contributed by atoms with Crippen LogP contribution in [0.5, 0.6) is 5.75 Å². The van der Waals surface area contributed by atoms with Gasteiger partial charge < -0.3 is 25.4 Å². The van der Waals surface area contributed by atoms with Crippen LogP contribution in [-0.2, 0) is 14.3 Å². The Bertz CT molecular complexity index is 1810. The Morgan fingerprint density at radius 3 is 2.42 bits per heavy atom. The van der Waals surface area contributed by atoms with Crippen LogP contribution < -0.4 is 10.2 Å². The molecule has 0 bridgehead atoms. The van der Waals surface area contributed by atoms with E-state index in [1.807, 2.05) is 72.8 Å². The maximum atomic E-state index is 14.0. The first-order chi connectivity index (χ1) is 23.4. The fourth-order valence-corrected chi connectivity index (χ4v) is 6.99. The average Bonchev–Trinajstić information content (AvgIpc) is 3.35. The molecule has 48 heavy (non-hydrogen) atoms. The largest absolute Gasteiger partial charge is 0.508 e.